The number of hydrogen-bond acceptors (Lipinski definition) is 2. The van der Waals surface area contributed by atoms with Crippen molar-refractivity contribution in [3.63, 3.8) is 0 Å². The van der Waals surface area contributed by atoms with Crippen LogP contribution in [0.3, 0.4) is 0 Å². The molecule has 0 N–H and O–H groups in total. The first-order valence-corrected chi connectivity index (χ1v) is 6.66. The van der Waals surface area contributed by atoms with Crippen molar-refractivity contribution in [2.24, 2.45) is 0 Å². The highest BCUT2D eigenvalue weighted by Gasteiger charge is 2.46. The second-order valence-corrected chi connectivity index (χ2v) is 9.04. The summed E-state index contributed by atoms with van der Waals surface area (Å²) in [6, 6.07) is 5.70. The molecule has 0 radical (unpaired) electrons. The number of fused-ring (bicyclic) bond motifs is 1. The Morgan fingerprint density at radius 3 is 2.62 bits per heavy atom. The molecule has 1 aliphatic rings. The van der Waals surface area contributed by atoms with Gasteiger partial charge in [0, 0.05) is 9.13 Å². The van der Waals surface area contributed by atoms with E-state index in [0.717, 1.165) is 9.13 Å². The third-order valence-corrected chi connectivity index (χ3v) is 4.61. The highest BCUT2D eigenvalue weighted by Crippen LogP contribution is 2.51. The molecule has 0 aromatic heterocycles. The lowest BCUT2D eigenvalue weighted by atomic mass is 10.2. The van der Waals surface area contributed by atoms with Gasteiger partial charge in [-0.3, -0.25) is 0 Å². The quantitative estimate of drug-likeness (QED) is 0.231. The van der Waals surface area contributed by atoms with Gasteiger partial charge in [0.15, 0.2) is 1.43 Å². The Morgan fingerprint density at radius 2 is 2.00 bits per heavy atom. The first-order valence-electron chi connectivity index (χ1n) is 3.42. The van der Waals surface area contributed by atoms with Crippen molar-refractivity contribution in [3.8, 4) is 5.75 Å². The number of benzene rings is 1. The number of halogens is 3. The molecule has 0 amide bonds. The molecule has 1 heterocycles. The monoisotopic (exact) mass is 512 g/mol. The minimum absolute atomic E-state index is 0.187. The molecule has 1 aliphatic heterocycles. The lowest BCUT2D eigenvalue weighted by Gasteiger charge is -2.09. The van der Waals surface area contributed by atoms with Crippen molar-refractivity contribution in [2.75, 3.05) is 0 Å². The number of alkyl halides is 2. The molecular formula is C8H3I3O2. The van der Waals surface area contributed by atoms with Crippen LogP contribution in [0.1, 0.15) is 5.56 Å². The zero-order chi connectivity index (χ0) is 9.64. The largest absolute Gasteiger partial charge is 0.424 e. The number of ether oxygens (including phenoxy) is 1. The molecule has 1 aromatic carbocycles. The van der Waals surface area contributed by atoms with Gasteiger partial charge in [0.1, 0.15) is 5.75 Å². The van der Waals surface area contributed by atoms with Gasteiger partial charge >= 0.3 is 5.97 Å². The Balaban J connectivity index is 2.70. The van der Waals surface area contributed by atoms with Crippen LogP contribution in [0, 0.1) is 3.57 Å². The molecule has 5 heteroatoms. The summed E-state index contributed by atoms with van der Waals surface area (Å²) in [6.45, 7) is 0. The average Bonchev–Trinajstić information content (AvgIpc) is 2.24. The SMILES string of the molecule is O=C1Oc2cccc(I)c2C1(I)I. The fourth-order valence-corrected chi connectivity index (χ4v) is 4.40. The molecule has 1 aromatic rings. The molecule has 2 rings (SSSR count). The molecular weight excluding hydrogens is 509 g/mol. The third kappa shape index (κ3) is 1.60. The van der Waals surface area contributed by atoms with Crippen molar-refractivity contribution in [1.29, 1.82) is 0 Å². The Kier molecular flexibility index (Phi) is 2.78. The molecule has 0 aliphatic carbocycles. The van der Waals surface area contributed by atoms with Crippen LogP contribution in [0.4, 0.5) is 0 Å². The van der Waals surface area contributed by atoms with E-state index in [9.17, 15) is 4.79 Å². The number of rotatable bonds is 0. The highest BCUT2D eigenvalue weighted by molar-refractivity contribution is 14.2. The molecule has 2 nitrogen and oxygen atoms in total. The van der Waals surface area contributed by atoms with Crippen molar-refractivity contribution in [2.45, 2.75) is 1.43 Å². The van der Waals surface area contributed by atoms with Crippen LogP contribution < -0.4 is 4.74 Å². The molecule has 0 atom stereocenters. The summed E-state index contributed by atoms with van der Waals surface area (Å²) in [5, 5.41) is 0. The zero-order valence-electron chi connectivity index (χ0n) is 6.18. The van der Waals surface area contributed by atoms with Crippen LogP contribution in [0.5, 0.6) is 5.75 Å². The third-order valence-electron chi connectivity index (χ3n) is 1.75. The van der Waals surface area contributed by atoms with E-state index in [-0.39, 0.29) is 5.97 Å². The number of esters is 1. The Bertz CT molecular complexity index is 387. The molecule has 68 valence electrons. The van der Waals surface area contributed by atoms with Crippen LogP contribution >= 0.6 is 67.8 Å². The minimum Gasteiger partial charge on any atom is -0.424 e. The molecule has 0 saturated carbocycles. The average molecular weight is 512 g/mol. The van der Waals surface area contributed by atoms with Crippen molar-refractivity contribution in [1.82, 2.24) is 0 Å². The van der Waals surface area contributed by atoms with Gasteiger partial charge in [-0.2, -0.15) is 0 Å². The number of hydrogen-bond donors (Lipinski definition) is 0. The lowest BCUT2D eigenvalue weighted by molar-refractivity contribution is -0.132. The first kappa shape index (κ1) is 10.4. The van der Waals surface area contributed by atoms with Gasteiger partial charge in [0.05, 0.1) is 0 Å². The van der Waals surface area contributed by atoms with Gasteiger partial charge in [-0.1, -0.05) is 6.07 Å². The second kappa shape index (κ2) is 3.47. The first-order chi connectivity index (χ1) is 6.03. The molecule has 0 saturated heterocycles. The summed E-state index contributed by atoms with van der Waals surface area (Å²) in [7, 11) is 0. The van der Waals surface area contributed by atoms with Crippen molar-refractivity contribution >= 4 is 73.7 Å². The van der Waals surface area contributed by atoms with Crippen molar-refractivity contribution in [3.05, 3.63) is 27.3 Å². The summed E-state index contributed by atoms with van der Waals surface area (Å²) < 4.78 is 5.67. The van der Waals surface area contributed by atoms with E-state index < -0.39 is 1.43 Å². The van der Waals surface area contributed by atoms with Crippen LogP contribution in [-0.4, -0.2) is 5.97 Å². The van der Waals surface area contributed by atoms with E-state index in [1.54, 1.807) is 0 Å². The smallest absolute Gasteiger partial charge is 0.342 e. The van der Waals surface area contributed by atoms with E-state index >= 15 is 0 Å². The molecule has 0 spiro atoms. The van der Waals surface area contributed by atoms with Gasteiger partial charge in [-0.15, -0.1) is 0 Å². The van der Waals surface area contributed by atoms with Crippen LogP contribution in [0.25, 0.3) is 0 Å². The predicted octanol–water partition coefficient (Wildman–Crippen LogP) is 3.23. The van der Waals surface area contributed by atoms with Crippen LogP contribution in [0.2, 0.25) is 0 Å². The fourth-order valence-electron chi connectivity index (χ4n) is 1.16. The summed E-state index contributed by atoms with van der Waals surface area (Å²) >= 11 is 6.45. The summed E-state index contributed by atoms with van der Waals surface area (Å²) in [5.74, 6) is 0.508. The summed E-state index contributed by atoms with van der Waals surface area (Å²) in [5.41, 5.74) is 0.988. The molecule has 13 heavy (non-hydrogen) atoms. The number of carbonyl (C=O) groups excluding carboxylic acids is 1. The Hall–Kier alpha value is 0.880. The summed E-state index contributed by atoms with van der Waals surface area (Å²) in [6.07, 6.45) is 0. The minimum atomic E-state index is -0.553. The second-order valence-electron chi connectivity index (χ2n) is 2.58. The van der Waals surface area contributed by atoms with E-state index in [4.69, 9.17) is 4.74 Å². The van der Waals surface area contributed by atoms with E-state index in [1.807, 2.05) is 18.2 Å². The zero-order valence-corrected chi connectivity index (χ0v) is 12.7. The van der Waals surface area contributed by atoms with E-state index in [2.05, 4.69) is 67.8 Å². The van der Waals surface area contributed by atoms with Crippen LogP contribution in [0.15, 0.2) is 18.2 Å². The maximum Gasteiger partial charge on any atom is 0.342 e. The normalized spacial score (nSPS) is 18.2. The van der Waals surface area contributed by atoms with Crippen molar-refractivity contribution < 1.29 is 9.53 Å². The topological polar surface area (TPSA) is 26.3 Å². The maximum absolute atomic E-state index is 11.5. The summed E-state index contributed by atoms with van der Waals surface area (Å²) in [4.78, 5) is 11.5. The van der Waals surface area contributed by atoms with Gasteiger partial charge in [0.2, 0.25) is 0 Å². The Morgan fingerprint density at radius 1 is 1.31 bits per heavy atom. The standard InChI is InChI=1S/C8H3I3O2/c9-4-2-1-3-5-6(4)8(10,11)7(12)13-5/h1-3H. The van der Waals surface area contributed by atoms with E-state index in [1.165, 1.54) is 0 Å². The van der Waals surface area contributed by atoms with Gasteiger partial charge in [-0.25, -0.2) is 4.79 Å². The number of carbonyl (C=O) groups is 1. The van der Waals surface area contributed by atoms with E-state index in [0.29, 0.717) is 5.75 Å². The van der Waals surface area contributed by atoms with Crippen LogP contribution in [-0.2, 0) is 6.22 Å². The Labute approximate surface area is 116 Å². The molecule has 0 bridgehead atoms. The van der Waals surface area contributed by atoms with Gasteiger partial charge in [0.25, 0.3) is 0 Å². The molecule has 0 unspecified atom stereocenters. The predicted molar refractivity (Wildman–Crippen MR) is 74.5 cm³/mol. The fraction of sp³-hybridized carbons (Fsp3) is 0.125. The maximum atomic E-state index is 11.5. The van der Waals surface area contributed by atoms with Gasteiger partial charge < -0.3 is 4.74 Å². The molecule has 0 fully saturated rings. The van der Waals surface area contributed by atoms with Gasteiger partial charge in [-0.05, 0) is 79.9 Å². The highest BCUT2D eigenvalue weighted by atomic mass is 127. The lowest BCUT2D eigenvalue weighted by Crippen LogP contribution is -2.19.